The Morgan fingerprint density at radius 2 is 1.71 bits per heavy atom. The maximum atomic E-state index is 12.5. The number of benzene rings is 1. The van der Waals surface area contributed by atoms with Crippen LogP contribution in [0.4, 0.5) is 11.4 Å². The molecule has 1 aromatic carbocycles. The number of hydrogen-bond donors (Lipinski definition) is 0. The van der Waals surface area contributed by atoms with E-state index in [9.17, 15) is 4.79 Å². The number of aromatic nitrogens is 1. The zero-order chi connectivity index (χ0) is 23.7. The summed E-state index contributed by atoms with van der Waals surface area (Å²) in [5, 5.41) is 0. The Bertz CT molecular complexity index is 995. The van der Waals surface area contributed by atoms with Crippen LogP contribution in [-0.2, 0) is 9.53 Å². The average molecular weight is 477 g/mol. The molecule has 6 rings (SSSR count). The van der Waals surface area contributed by atoms with Gasteiger partial charge in [0.05, 0.1) is 24.0 Å². The Labute approximate surface area is 208 Å². The number of carbonyl (C=O) groups excluding carboxylic acids is 1. The van der Waals surface area contributed by atoms with Crippen molar-refractivity contribution >= 4 is 17.3 Å². The third-order valence-electron chi connectivity index (χ3n) is 8.45. The van der Waals surface area contributed by atoms with Crippen molar-refractivity contribution in [2.24, 2.45) is 0 Å². The highest BCUT2D eigenvalue weighted by molar-refractivity contribution is 5.95. The first kappa shape index (κ1) is 22.8. The second-order valence-corrected chi connectivity index (χ2v) is 10.6. The van der Waals surface area contributed by atoms with Gasteiger partial charge in [-0.2, -0.15) is 0 Å². The van der Waals surface area contributed by atoms with Crippen molar-refractivity contribution in [1.29, 1.82) is 0 Å². The lowest BCUT2D eigenvalue weighted by Gasteiger charge is -2.47. The van der Waals surface area contributed by atoms with Crippen molar-refractivity contribution < 1.29 is 14.3 Å². The summed E-state index contributed by atoms with van der Waals surface area (Å²) in [5.74, 6) is 0.987. The van der Waals surface area contributed by atoms with Gasteiger partial charge in [-0.15, -0.1) is 0 Å². The monoisotopic (exact) mass is 476 g/mol. The molecule has 7 heteroatoms. The lowest BCUT2D eigenvalue weighted by atomic mass is 9.88. The first-order valence-electron chi connectivity index (χ1n) is 13.3. The number of piperidine rings is 2. The molecule has 4 aliphatic rings. The van der Waals surface area contributed by atoms with Crippen LogP contribution in [0, 0.1) is 0 Å². The molecule has 3 aliphatic heterocycles. The summed E-state index contributed by atoms with van der Waals surface area (Å²) in [4.78, 5) is 23.6. The predicted molar refractivity (Wildman–Crippen MR) is 136 cm³/mol. The summed E-state index contributed by atoms with van der Waals surface area (Å²) >= 11 is 0. The normalized spacial score (nSPS) is 23.9. The molecule has 1 aromatic heterocycles. The van der Waals surface area contributed by atoms with Gasteiger partial charge < -0.3 is 24.2 Å². The first-order chi connectivity index (χ1) is 17.2. The van der Waals surface area contributed by atoms with Crippen molar-refractivity contribution in [1.82, 2.24) is 9.88 Å². The van der Waals surface area contributed by atoms with E-state index in [0.29, 0.717) is 12.6 Å². The van der Waals surface area contributed by atoms with E-state index in [4.69, 9.17) is 9.47 Å². The number of rotatable bonds is 5. The smallest absolute Gasteiger partial charge is 0.253 e. The molecule has 35 heavy (non-hydrogen) atoms. The summed E-state index contributed by atoms with van der Waals surface area (Å²) in [6.45, 7) is 4.91. The summed E-state index contributed by atoms with van der Waals surface area (Å²) < 4.78 is 12.5. The van der Waals surface area contributed by atoms with Gasteiger partial charge in [-0.05, 0) is 74.9 Å². The number of hydrogen-bond acceptors (Lipinski definition) is 6. The van der Waals surface area contributed by atoms with Gasteiger partial charge in [0.15, 0.2) is 0 Å². The van der Waals surface area contributed by atoms with Crippen molar-refractivity contribution in [3.63, 3.8) is 0 Å². The fourth-order valence-electron chi connectivity index (χ4n) is 5.98. The molecule has 1 saturated carbocycles. The molecule has 7 nitrogen and oxygen atoms in total. The van der Waals surface area contributed by atoms with Gasteiger partial charge in [-0.3, -0.25) is 9.78 Å². The van der Waals surface area contributed by atoms with E-state index in [0.717, 1.165) is 56.3 Å². The quantitative estimate of drug-likeness (QED) is 0.653. The van der Waals surface area contributed by atoms with Crippen LogP contribution in [0.3, 0.4) is 0 Å². The van der Waals surface area contributed by atoms with Gasteiger partial charge in [0.2, 0.25) is 0 Å². The zero-order valence-corrected chi connectivity index (χ0v) is 20.5. The second kappa shape index (κ2) is 9.78. The SMILES string of the molecule is O=C1COC2(CCN(c3ccc(OC4CCN(C5CCC5)CC4)cc3)CC2)CN1c1cccnc1. The summed E-state index contributed by atoms with van der Waals surface area (Å²) in [6, 6.07) is 13.3. The van der Waals surface area contributed by atoms with E-state index < -0.39 is 0 Å². The molecule has 0 atom stereocenters. The van der Waals surface area contributed by atoms with Crippen LogP contribution < -0.4 is 14.5 Å². The zero-order valence-electron chi connectivity index (χ0n) is 20.5. The molecule has 186 valence electrons. The minimum absolute atomic E-state index is 0.00959. The van der Waals surface area contributed by atoms with Gasteiger partial charge in [-0.25, -0.2) is 0 Å². The van der Waals surface area contributed by atoms with Gasteiger partial charge >= 0.3 is 0 Å². The Morgan fingerprint density at radius 3 is 2.37 bits per heavy atom. The highest BCUT2D eigenvalue weighted by atomic mass is 16.5. The molecule has 0 radical (unpaired) electrons. The van der Waals surface area contributed by atoms with Crippen LogP contribution >= 0.6 is 0 Å². The fourth-order valence-corrected chi connectivity index (χ4v) is 5.98. The number of likely N-dealkylation sites (tertiary alicyclic amines) is 1. The van der Waals surface area contributed by atoms with E-state index >= 15 is 0 Å². The molecule has 1 amide bonds. The van der Waals surface area contributed by atoms with E-state index in [2.05, 4.69) is 39.0 Å². The number of morpholine rings is 1. The Morgan fingerprint density at radius 1 is 0.943 bits per heavy atom. The molecule has 0 unspecified atom stereocenters. The molecular formula is C28H36N4O3. The van der Waals surface area contributed by atoms with Crippen molar-refractivity contribution in [3.8, 4) is 5.75 Å². The maximum absolute atomic E-state index is 12.5. The van der Waals surface area contributed by atoms with Crippen LogP contribution in [-0.4, -0.2) is 72.9 Å². The third-order valence-corrected chi connectivity index (χ3v) is 8.45. The molecule has 1 spiro atoms. The van der Waals surface area contributed by atoms with Crippen LogP contribution in [0.5, 0.6) is 5.75 Å². The van der Waals surface area contributed by atoms with E-state index in [-0.39, 0.29) is 18.1 Å². The standard InChI is InChI=1S/C28H36N4O3/c33-27-20-34-28(21-32(27)24-5-2-14-29-19-24)12-17-31(18-13-28)23-6-8-25(9-7-23)35-26-10-15-30(16-11-26)22-3-1-4-22/h2,5-9,14,19,22,26H,1,3-4,10-13,15-18,20-21H2. The predicted octanol–water partition coefficient (Wildman–Crippen LogP) is 3.88. The fraction of sp³-hybridized carbons (Fsp3) is 0.571. The highest BCUT2D eigenvalue weighted by Gasteiger charge is 2.42. The number of nitrogens with zero attached hydrogens (tertiary/aromatic N) is 4. The number of anilines is 2. The lowest BCUT2D eigenvalue weighted by Crippen LogP contribution is -2.59. The first-order valence-corrected chi connectivity index (χ1v) is 13.3. The number of ether oxygens (including phenoxy) is 2. The number of pyridine rings is 1. The molecular weight excluding hydrogens is 440 g/mol. The van der Waals surface area contributed by atoms with Crippen LogP contribution in [0.25, 0.3) is 0 Å². The van der Waals surface area contributed by atoms with Gasteiger partial charge in [0.25, 0.3) is 5.91 Å². The molecule has 3 saturated heterocycles. The van der Waals surface area contributed by atoms with E-state index in [1.807, 2.05) is 17.0 Å². The van der Waals surface area contributed by atoms with Gasteiger partial charge in [0, 0.05) is 44.1 Å². The van der Waals surface area contributed by atoms with Crippen molar-refractivity contribution in [2.45, 2.75) is 62.7 Å². The minimum Gasteiger partial charge on any atom is -0.490 e. The molecule has 0 bridgehead atoms. The number of amides is 1. The molecule has 2 aromatic rings. The van der Waals surface area contributed by atoms with Gasteiger partial charge in [0.1, 0.15) is 18.5 Å². The minimum atomic E-state index is -0.280. The largest absolute Gasteiger partial charge is 0.490 e. The summed E-state index contributed by atoms with van der Waals surface area (Å²) in [5.41, 5.74) is 1.80. The Kier molecular flexibility index (Phi) is 6.37. The second-order valence-electron chi connectivity index (χ2n) is 10.6. The molecule has 1 aliphatic carbocycles. The summed E-state index contributed by atoms with van der Waals surface area (Å²) in [7, 11) is 0. The van der Waals surface area contributed by atoms with Crippen LogP contribution in [0.1, 0.15) is 44.9 Å². The topological polar surface area (TPSA) is 58.1 Å². The molecule has 4 heterocycles. The van der Waals surface area contributed by atoms with E-state index in [1.54, 1.807) is 12.4 Å². The maximum Gasteiger partial charge on any atom is 0.253 e. The van der Waals surface area contributed by atoms with Crippen molar-refractivity contribution in [3.05, 3.63) is 48.8 Å². The molecule has 4 fully saturated rings. The molecule has 0 N–H and O–H groups in total. The van der Waals surface area contributed by atoms with Crippen LogP contribution in [0.2, 0.25) is 0 Å². The average Bonchev–Trinajstić information content (AvgIpc) is 2.87. The third kappa shape index (κ3) is 4.89. The Balaban J connectivity index is 1.01. The van der Waals surface area contributed by atoms with Crippen LogP contribution in [0.15, 0.2) is 48.8 Å². The van der Waals surface area contributed by atoms with Crippen molar-refractivity contribution in [2.75, 3.05) is 49.1 Å². The highest BCUT2D eigenvalue weighted by Crippen LogP contribution is 2.35. The lowest BCUT2D eigenvalue weighted by molar-refractivity contribution is -0.141. The Hall–Kier alpha value is -2.64. The van der Waals surface area contributed by atoms with E-state index in [1.165, 1.54) is 38.0 Å². The van der Waals surface area contributed by atoms with Gasteiger partial charge in [-0.1, -0.05) is 6.42 Å². The number of carbonyl (C=O) groups is 1. The summed E-state index contributed by atoms with van der Waals surface area (Å²) in [6.07, 6.45) is 12.1.